The number of aliphatic hydroxyl groups is 2. The molecule has 5 heteroatoms. The second-order valence-electron chi connectivity index (χ2n) is 6.06. The smallest absolute Gasteiger partial charge is 0.142 e. The number of hydrogen-bond acceptors (Lipinski definition) is 5. The van der Waals surface area contributed by atoms with E-state index < -0.39 is 5.41 Å². The van der Waals surface area contributed by atoms with Gasteiger partial charge in [0, 0.05) is 38.1 Å². The largest absolute Gasteiger partial charge is 0.495 e. The second-order valence-corrected chi connectivity index (χ2v) is 6.06. The van der Waals surface area contributed by atoms with Crippen LogP contribution in [0.4, 0.5) is 5.69 Å². The van der Waals surface area contributed by atoms with Crippen LogP contribution in [0, 0.1) is 5.41 Å². The number of para-hydroxylation sites is 2. The molecule has 0 aliphatic carbocycles. The zero-order chi connectivity index (χ0) is 15.3. The molecule has 2 rings (SSSR count). The van der Waals surface area contributed by atoms with Crippen LogP contribution >= 0.6 is 0 Å². The van der Waals surface area contributed by atoms with Gasteiger partial charge < -0.3 is 19.8 Å². The molecule has 0 radical (unpaired) electrons. The van der Waals surface area contributed by atoms with Crippen LogP contribution in [0.5, 0.6) is 5.75 Å². The van der Waals surface area contributed by atoms with Crippen LogP contribution in [-0.2, 0) is 0 Å². The molecule has 1 aliphatic heterocycles. The van der Waals surface area contributed by atoms with Crippen molar-refractivity contribution in [3.05, 3.63) is 24.3 Å². The van der Waals surface area contributed by atoms with Crippen molar-refractivity contribution in [3.8, 4) is 5.75 Å². The normalized spacial score (nSPS) is 17.0. The van der Waals surface area contributed by atoms with Gasteiger partial charge in [0.15, 0.2) is 0 Å². The molecule has 1 aliphatic rings. The van der Waals surface area contributed by atoms with Crippen LogP contribution in [-0.4, -0.2) is 68.2 Å². The fourth-order valence-corrected chi connectivity index (χ4v) is 2.73. The van der Waals surface area contributed by atoms with Gasteiger partial charge in [-0.3, -0.25) is 4.90 Å². The van der Waals surface area contributed by atoms with E-state index in [1.165, 1.54) is 0 Å². The average Bonchev–Trinajstić information content (AvgIpc) is 2.55. The number of nitrogens with zero attached hydrogens (tertiary/aromatic N) is 2. The van der Waals surface area contributed by atoms with E-state index in [-0.39, 0.29) is 13.2 Å². The van der Waals surface area contributed by atoms with Crippen LogP contribution in [0.15, 0.2) is 24.3 Å². The van der Waals surface area contributed by atoms with Gasteiger partial charge in [-0.1, -0.05) is 19.1 Å². The highest BCUT2D eigenvalue weighted by Gasteiger charge is 2.28. The van der Waals surface area contributed by atoms with Crippen molar-refractivity contribution in [3.63, 3.8) is 0 Å². The first kappa shape index (κ1) is 16.1. The maximum absolute atomic E-state index is 9.40. The molecule has 0 saturated carbocycles. The summed E-state index contributed by atoms with van der Waals surface area (Å²) in [5.41, 5.74) is 0.707. The lowest BCUT2D eigenvalue weighted by molar-refractivity contribution is 0.0336. The van der Waals surface area contributed by atoms with Crippen LogP contribution < -0.4 is 9.64 Å². The van der Waals surface area contributed by atoms with Crippen LogP contribution in [0.1, 0.15) is 6.92 Å². The molecule has 0 aromatic heterocycles. The standard InChI is InChI=1S/C16H26N2O3/c1-16(12-19,13-20)11-17-7-9-18(10-8-17)14-5-3-4-6-15(14)21-2/h3-6,19-20H,7-13H2,1-2H3. The Kier molecular flexibility index (Phi) is 5.45. The molecule has 0 amide bonds. The number of piperazine rings is 1. The van der Waals surface area contributed by atoms with Gasteiger partial charge in [0.1, 0.15) is 5.75 Å². The van der Waals surface area contributed by atoms with Crippen molar-refractivity contribution >= 4 is 5.69 Å². The molecule has 1 heterocycles. The first-order valence-electron chi connectivity index (χ1n) is 7.44. The number of benzene rings is 1. The van der Waals surface area contributed by atoms with Gasteiger partial charge in [-0.25, -0.2) is 0 Å². The number of rotatable bonds is 6. The highest BCUT2D eigenvalue weighted by Crippen LogP contribution is 2.28. The number of aliphatic hydroxyl groups excluding tert-OH is 2. The van der Waals surface area contributed by atoms with Gasteiger partial charge in [-0.15, -0.1) is 0 Å². The maximum atomic E-state index is 9.40. The molecular weight excluding hydrogens is 268 g/mol. The number of ether oxygens (including phenoxy) is 1. The summed E-state index contributed by atoms with van der Waals surface area (Å²) in [6.07, 6.45) is 0. The fourth-order valence-electron chi connectivity index (χ4n) is 2.73. The minimum atomic E-state index is -0.424. The molecule has 0 spiro atoms. The van der Waals surface area contributed by atoms with Crippen molar-refractivity contribution in [2.24, 2.45) is 5.41 Å². The molecule has 0 unspecified atom stereocenters. The second kappa shape index (κ2) is 7.11. The third-order valence-electron chi connectivity index (χ3n) is 4.17. The minimum Gasteiger partial charge on any atom is -0.495 e. The Hall–Kier alpha value is -1.30. The Bertz CT molecular complexity index is 441. The van der Waals surface area contributed by atoms with Crippen molar-refractivity contribution < 1.29 is 14.9 Å². The van der Waals surface area contributed by atoms with Crippen LogP contribution in [0.3, 0.4) is 0 Å². The van der Waals surface area contributed by atoms with Gasteiger partial charge in [-0.05, 0) is 12.1 Å². The number of anilines is 1. The lowest BCUT2D eigenvalue weighted by Gasteiger charge is -2.40. The summed E-state index contributed by atoms with van der Waals surface area (Å²) in [6.45, 7) is 6.35. The quantitative estimate of drug-likeness (QED) is 0.813. The molecule has 2 N–H and O–H groups in total. The SMILES string of the molecule is COc1ccccc1N1CCN(CC(C)(CO)CO)CC1. The lowest BCUT2D eigenvalue weighted by Crippen LogP contribution is -2.51. The van der Waals surface area contributed by atoms with Gasteiger partial charge in [0.25, 0.3) is 0 Å². The summed E-state index contributed by atoms with van der Waals surface area (Å²) in [4.78, 5) is 4.63. The van der Waals surface area contributed by atoms with E-state index in [9.17, 15) is 10.2 Å². The Balaban J connectivity index is 1.94. The first-order valence-corrected chi connectivity index (χ1v) is 7.44. The summed E-state index contributed by atoms with van der Waals surface area (Å²) in [5, 5.41) is 18.8. The average molecular weight is 294 g/mol. The highest BCUT2D eigenvalue weighted by atomic mass is 16.5. The summed E-state index contributed by atoms with van der Waals surface area (Å²) < 4.78 is 5.42. The van der Waals surface area contributed by atoms with E-state index in [0.29, 0.717) is 0 Å². The molecule has 1 aromatic carbocycles. The highest BCUT2D eigenvalue weighted by molar-refractivity contribution is 5.58. The van der Waals surface area contributed by atoms with Gasteiger partial charge in [-0.2, -0.15) is 0 Å². The molecule has 5 nitrogen and oxygen atoms in total. The predicted molar refractivity (Wildman–Crippen MR) is 83.9 cm³/mol. The van der Waals surface area contributed by atoms with E-state index in [0.717, 1.165) is 44.2 Å². The molecule has 1 aromatic rings. The molecule has 118 valence electrons. The Morgan fingerprint density at radius 3 is 2.29 bits per heavy atom. The van der Waals surface area contributed by atoms with Gasteiger partial charge in [0.2, 0.25) is 0 Å². The topological polar surface area (TPSA) is 56.2 Å². The maximum Gasteiger partial charge on any atom is 0.142 e. The van der Waals surface area contributed by atoms with Crippen molar-refractivity contribution in [2.45, 2.75) is 6.92 Å². The molecule has 21 heavy (non-hydrogen) atoms. The van der Waals surface area contributed by atoms with Crippen molar-refractivity contribution in [1.29, 1.82) is 0 Å². The molecule has 0 atom stereocenters. The summed E-state index contributed by atoms with van der Waals surface area (Å²) >= 11 is 0. The number of methoxy groups -OCH3 is 1. The van der Waals surface area contributed by atoms with Crippen molar-refractivity contribution in [1.82, 2.24) is 4.90 Å². The predicted octanol–water partition coefficient (Wildman–Crippen LogP) is 0.808. The Morgan fingerprint density at radius 2 is 1.71 bits per heavy atom. The summed E-state index contributed by atoms with van der Waals surface area (Å²) in [5.74, 6) is 0.904. The third kappa shape index (κ3) is 3.87. The molecule has 0 bridgehead atoms. The Labute approximate surface area is 126 Å². The summed E-state index contributed by atoms with van der Waals surface area (Å²) in [6, 6.07) is 8.07. The van der Waals surface area contributed by atoms with Crippen LogP contribution in [0.25, 0.3) is 0 Å². The fraction of sp³-hybridized carbons (Fsp3) is 0.625. The van der Waals surface area contributed by atoms with E-state index in [1.807, 2.05) is 25.1 Å². The van der Waals surface area contributed by atoms with Crippen LogP contribution in [0.2, 0.25) is 0 Å². The Morgan fingerprint density at radius 1 is 1.10 bits per heavy atom. The lowest BCUT2D eigenvalue weighted by atomic mass is 9.92. The zero-order valence-corrected chi connectivity index (χ0v) is 13.0. The third-order valence-corrected chi connectivity index (χ3v) is 4.17. The minimum absolute atomic E-state index is 0.0101. The summed E-state index contributed by atoms with van der Waals surface area (Å²) in [7, 11) is 1.70. The monoisotopic (exact) mass is 294 g/mol. The molecule has 1 saturated heterocycles. The van der Waals surface area contributed by atoms with Crippen molar-refractivity contribution in [2.75, 3.05) is 57.9 Å². The first-order chi connectivity index (χ1) is 10.1. The van der Waals surface area contributed by atoms with E-state index in [1.54, 1.807) is 7.11 Å². The zero-order valence-electron chi connectivity index (χ0n) is 13.0. The van der Waals surface area contributed by atoms with E-state index >= 15 is 0 Å². The van der Waals surface area contributed by atoms with Gasteiger partial charge >= 0.3 is 0 Å². The van der Waals surface area contributed by atoms with Gasteiger partial charge in [0.05, 0.1) is 26.0 Å². The number of hydrogen-bond donors (Lipinski definition) is 2. The van der Waals surface area contributed by atoms with E-state index in [4.69, 9.17) is 4.74 Å². The van der Waals surface area contributed by atoms with E-state index in [2.05, 4.69) is 15.9 Å². The molecular formula is C16H26N2O3. The molecule has 1 fully saturated rings.